The average molecular weight is 340 g/mol. The summed E-state index contributed by atoms with van der Waals surface area (Å²) in [7, 11) is 0. The summed E-state index contributed by atoms with van der Waals surface area (Å²) in [5.74, 6) is 0.671. The molecule has 1 aromatic heterocycles. The predicted octanol–water partition coefficient (Wildman–Crippen LogP) is 2.77. The number of rotatable bonds is 5. The fourth-order valence-corrected chi connectivity index (χ4v) is 3.45. The average Bonchev–Trinajstić information content (AvgIpc) is 3.37. The predicted molar refractivity (Wildman–Crippen MR) is 94.9 cm³/mol. The number of benzene rings is 1. The van der Waals surface area contributed by atoms with Crippen molar-refractivity contribution in [2.24, 2.45) is 0 Å². The minimum absolute atomic E-state index is 0.00820. The fourth-order valence-electron chi connectivity index (χ4n) is 3.45. The van der Waals surface area contributed by atoms with Gasteiger partial charge >= 0.3 is 6.03 Å². The Morgan fingerprint density at radius 2 is 2.08 bits per heavy atom. The first-order chi connectivity index (χ1) is 12.3. The number of carbonyl (C=O) groups excluding carboxylic acids is 1. The van der Waals surface area contributed by atoms with Gasteiger partial charge in [0.05, 0.1) is 6.54 Å². The van der Waals surface area contributed by atoms with Crippen molar-refractivity contribution in [1.82, 2.24) is 20.7 Å². The van der Waals surface area contributed by atoms with E-state index in [9.17, 15) is 4.79 Å². The van der Waals surface area contributed by atoms with Crippen LogP contribution in [0.5, 0.6) is 0 Å². The first kappa shape index (κ1) is 16.1. The van der Waals surface area contributed by atoms with Gasteiger partial charge in [-0.15, -0.1) is 0 Å². The molecule has 0 unspecified atom stereocenters. The summed E-state index contributed by atoms with van der Waals surface area (Å²) in [5, 5.41) is 10.5. The summed E-state index contributed by atoms with van der Waals surface area (Å²) < 4.78 is 5.38. The van der Waals surface area contributed by atoms with Gasteiger partial charge in [0.15, 0.2) is 5.76 Å². The molecule has 1 aliphatic heterocycles. The molecule has 2 heterocycles. The van der Waals surface area contributed by atoms with Crippen LogP contribution in [0.25, 0.3) is 11.3 Å². The van der Waals surface area contributed by atoms with E-state index in [0.29, 0.717) is 24.4 Å². The van der Waals surface area contributed by atoms with Crippen LogP contribution in [0.1, 0.15) is 31.4 Å². The molecule has 0 radical (unpaired) electrons. The topological polar surface area (TPSA) is 70.4 Å². The number of aromatic nitrogens is 1. The molecule has 25 heavy (non-hydrogen) atoms. The van der Waals surface area contributed by atoms with Crippen LogP contribution in [0, 0.1) is 0 Å². The lowest BCUT2D eigenvalue weighted by Crippen LogP contribution is -2.52. The molecule has 1 saturated carbocycles. The summed E-state index contributed by atoms with van der Waals surface area (Å²) in [5.41, 5.74) is 1.80. The molecule has 2 aliphatic rings. The van der Waals surface area contributed by atoms with Crippen LogP contribution in [0.2, 0.25) is 0 Å². The molecule has 1 aromatic carbocycles. The van der Waals surface area contributed by atoms with Crippen molar-refractivity contribution in [3.8, 4) is 11.3 Å². The van der Waals surface area contributed by atoms with Crippen molar-refractivity contribution in [2.45, 2.75) is 44.3 Å². The van der Waals surface area contributed by atoms with Crippen LogP contribution >= 0.6 is 0 Å². The Morgan fingerprint density at radius 1 is 1.24 bits per heavy atom. The molecule has 132 valence electrons. The van der Waals surface area contributed by atoms with Gasteiger partial charge in [0.25, 0.3) is 0 Å². The molecule has 0 bridgehead atoms. The number of urea groups is 1. The maximum Gasteiger partial charge on any atom is 0.318 e. The van der Waals surface area contributed by atoms with Crippen LogP contribution < -0.4 is 10.6 Å². The highest BCUT2D eigenvalue weighted by atomic mass is 16.5. The summed E-state index contributed by atoms with van der Waals surface area (Å²) >= 11 is 0. The van der Waals surface area contributed by atoms with Gasteiger partial charge in [-0.05, 0) is 32.2 Å². The van der Waals surface area contributed by atoms with E-state index in [2.05, 4.69) is 15.8 Å². The second-order valence-corrected chi connectivity index (χ2v) is 6.84. The number of carbonyl (C=O) groups is 1. The Bertz CT molecular complexity index is 705. The normalized spacial score (nSPS) is 20.2. The summed E-state index contributed by atoms with van der Waals surface area (Å²) in [6.07, 6.45) is 4.44. The minimum Gasteiger partial charge on any atom is -0.359 e. The number of nitrogens with one attached hydrogen (secondary N) is 2. The van der Waals surface area contributed by atoms with Gasteiger partial charge in [-0.3, -0.25) is 0 Å². The van der Waals surface area contributed by atoms with Crippen molar-refractivity contribution in [2.75, 3.05) is 13.1 Å². The van der Waals surface area contributed by atoms with E-state index >= 15 is 0 Å². The first-order valence-corrected chi connectivity index (χ1v) is 9.09. The number of piperidine rings is 1. The molecule has 1 aliphatic carbocycles. The van der Waals surface area contributed by atoms with E-state index in [4.69, 9.17) is 4.52 Å². The zero-order chi connectivity index (χ0) is 17.1. The van der Waals surface area contributed by atoms with Crippen LogP contribution in [-0.4, -0.2) is 41.3 Å². The van der Waals surface area contributed by atoms with Crippen molar-refractivity contribution in [3.63, 3.8) is 0 Å². The molecule has 1 saturated heterocycles. The van der Waals surface area contributed by atoms with Gasteiger partial charge < -0.3 is 20.1 Å². The van der Waals surface area contributed by atoms with Gasteiger partial charge in [-0.2, -0.15) is 0 Å². The van der Waals surface area contributed by atoms with Gasteiger partial charge in [0, 0.05) is 30.3 Å². The maximum absolute atomic E-state index is 12.7. The third kappa shape index (κ3) is 3.85. The molecule has 6 heteroatoms. The third-order valence-corrected chi connectivity index (χ3v) is 4.88. The smallest absolute Gasteiger partial charge is 0.318 e. The highest BCUT2D eigenvalue weighted by Crippen LogP contribution is 2.30. The van der Waals surface area contributed by atoms with E-state index < -0.39 is 0 Å². The van der Waals surface area contributed by atoms with Crippen LogP contribution in [-0.2, 0) is 6.54 Å². The minimum atomic E-state index is 0.00820. The third-order valence-electron chi connectivity index (χ3n) is 4.88. The van der Waals surface area contributed by atoms with E-state index in [0.717, 1.165) is 50.0 Å². The highest BCUT2D eigenvalue weighted by Gasteiger charge is 2.37. The first-order valence-electron chi connectivity index (χ1n) is 9.09. The molecule has 0 spiro atoms. The lowest BCUT2D eigenvalue weighted by Gasteiger charge is -2.34. The molecule has 4 rings (SSSR count). The van der Waals surface area contributed by atoms with E-state index in [1.807, 2.05) is 41.3 Å². The van der Waals surface area contributed by atoms with Crippen molar-refractivity contribution in [1.29, 1.82) is 0 Å². The van der Waals surface area contributed by atoms with Gasteiger partial charge in [-0.1, -0.05) is 35.5 Å². The van der Waals surface area contributed by atoms with Crippen LogP contribution in [0.15, 0.2) is 40.9 Å². The molecular weight excluding hydrogens is 316 g/mol. The van der Waals surface area contributed by atoms with Crippen molar-refractivity contribution in [3.05, 3.63) is 42.2 Å². The molecular formula is C19H24N4O2. The molecule has 2 N–H and O–H groups in total. The maximum atomic E-state index is 12.7. The number of hydrogen-bond acceptors (Lipinski definition) is 4. The number of nitrogens with zero attached hydrogens (tertiary/aromatic N) is 2. The SMILES string of the molecule is O=C(NCc1cc(-c2ccccc2)no1)N(C1CC1)[C@@H]1CCCNC1. The Kier molecular flexibility index (Phi) is 4.70. The Balaban J connectivity index is 1.37. The van der Waals surface area contributed by atoms with E-state index in [1.165, 1.54) is 0 Å². The van der Waals surface area contributed by atoms with Crippen molar-refractivity contribution < 1.29 is 9.32 Å². The standard InChI is InChI=1S/C19H24N4O2/c24-19(23(15-8-9-15)16-7-4-10-20-12-16)21-13-17-11-18(22-25-17)14-5-2-1-3-6-14/h1-3,5-6,11,15-16,20H,4,7-10,12-13H2,(H,21,24)/t16-/m1/s1. The molecule has 2 aromatic rings. The molecule has 2 fully saturated rings. The Labute approximate surface area is 147 Å². The second-order valence-electron chi connectivity index (χ2n) is 6.84. The van der Waals surface area contributed by atoms with Crippen molar-refractivity contribution >= 4 is 6.03 Å². The van der Waals surface area contributed by atoms with E-state index in [-0.39, 0.29) is 6.03 Å². The van der Waals surface area contributed by atoms with Crippen LogP contribution in [0.3, 0.4) is 0 Å². The zero-order valence-corrected chi connectivity index (χ0v) is 14.3. The molecule has 1 atom stereocenters. The second kappa shape index (κ2) is 7.27. The highest BCUT2D eigenvalue weighted by molar-refractivity contribution is 5.75. The largest absolute Gasteiger partial charge is 0.359 e. The lowest BCUT2D eigenvalue weighted by molar-refractivity contribution is 0.154. The van der Waals surface area contributed by atoms with Gasteiger partial charge in [0.2, 0.25) is 0 Å². The lowest BCUT2D eigenvalue weighted by atomic mass is 10.1. The van der Waals surface area contributed by atoms with Gasteiger partial charge in [-0.25, -0.2) is 4.79 Å². The summed E-state index contributed by atoms with van der Waals surface area (Å²) in [6, 6.07) is 12.5. The monoisotopic (exact) mass is 340 g/mol. The summed E-state index contributed by atoms with van der Waals surface area (Å²) in [4.78, 5) is 14.7. The fraction of sp³-hybridized carbons (Fsp3) is 0.474. The number of amides is 2. The Morgan fingerprint density at radius 3 is 2.80 bits per heavy atom. The quantitative estimate of drug-likeness (QED) is 0.878. The summed E-state index contributed by atoms with van der Waals surface area (Å²) in [6.45, 7) is 2.31. The molecule has 6 nitrogen and oxygen atoms in total. The van der Waals surface area contributed by atoms with Crippen LogP contribution in [0.4, 0.5) is 4.79 Å². The number of hydrogen-bond donors (Lipinski definition) is 2. The van der Waals surface area contributed by atoms with Gasteiger partial charge in [0.1, 0.15) is 5.69 Å². The molecule has 2 amide bonds. The zero-order valence-electron chi connectivity index (χ0n) is 14.3. The van der Waals surface area contributed by atoms with E-state index in [1.54, 1.807) is 0 Å². The Hall–Kier alpha value is -2.34.